The molecule has 1 N–H and O–H groups in total. The first-order chi connectivity index (χ1) is 9.56. The van der Waals surface area contributed by atoms with E-state index in [1.54, 1.807) is 12.0 Å². The molecule has 0 fully saturated rings. The second kappa shape index (κ2) is 5.64. The number of ether oxygens (including phenoxy) is 2. The van der Waals surface area contributed by atoms with E-state index in [9.17, 15) is 4.79 Å². The molecule has 6 nitrogen and oxygen atoms in total. The Balaban J connectivity index is 2.44. The summed E-state index contributed by atoms with van der Waals surface area (Å²) in [5.74, 6) is 1.47. The van der Waals surface area contributed by atoms with Crippen LogP contribution in [0.3, 0.4) is 0 Å². The first-order valence-corrected chi connectivity index (χ1v) is 6.07. The zero-order valence-corrected chi connectivity index (χ0v) is 11.9. The fourth-order valence-electron chi connectivity index (χ4n) is 1.82. The van der Waals surface area contributed by atoms with E-state index >= 15 is 0 Å². The van der Waals surface area contributed by atoms with Crippen LogP contribution in [-0.2, 0) is 4.74 Å². The Morgan fingerprint density at radius 2 is 1.85 bits per heavy atom. The highest BCUT2D eigenvalue weighted by Crippen LogP contribution is 2.25. The molecule has 0 aliphatic rings. The number of rotatable bonds is 4. The summed E-state index contributed by atoms with van der Waals surface area (Å²) in [5.41, 5.74) is 1.20. The van der Waals surface area contributed by atoms with Gasteiger partial charge in [-0.1, -0.05) is 0 Å². The van der Waals surface area contributed by atoms with Gasteiger partial charge < -0.3 is 19.4 Å². The minimum Gasteiger partial charge on any atom is -0.497 e. The first-order valence-electron chi connectivity index (χ1n) is 6.07. The van der Waals surface area contributed by atoms with Gasteiger partial charge in [-0.25, -0.2) is 9.78 Å². The molecule has 0 saturated carbocycles. The molecule has 1 aromatic carbocycles. The van der Waals surface area contributed by atoms with Gasteiger partial charge in [0.05, 0.1) is 14.2 Å². The van der Waals surface area contributed by atoms with Crippen LogP contribution in [0.25, 0.3) is 11.4 Å². The fraction of sp³-hybridized carbons (Fsp3) is 0.286. The minimum atomic E-state index is -0.444. The molecule has 1 aromatic heterocycles. The summed E-state index contributed by atoms with van der Waals surface area (Å²) >= 11 is 0. The van der Waals surface area contributed by atoms with Crippen molar-refractivity contribution in [3.8, 4) is 17.1 Å². The molecule has 106 valence electrons. The van der Waals surface area contributed by atoms with E-state index in [1.165, 1.54) is 7.11 Å². The Hall–Kier alpha value is -2.50. The van der Waals surface area contributed by atoms with Crippen molar-refractivity contribution in [1.82, 2.24) is 9.97 Å². The maximum Gasteiger partial charge on any atom is 0.358 e. The van der Waals surface area contributed by atoms with E-state index in [4.69, 9.17) is 9.47 Å². The first kappa shape index (κ1) is 13.9. The summed E-state index contributed by atoms with van der Waals surface area (Å²) in [4.78, 5) is 20.9. The second-order valence-corrected chi connectivity index (χ2v) is 4.40. The van der Waals surface area contributed by atoms with Crippen LogP contribution in [0.2, 0.25) is 0 Å². The number of nitrogens with zero attached hydrogens (tertiary/aromatic N) is 2. The third-order valence-corrected chi connectivity index (χ3v) is 2.86. The molecule has 0 radical (unpaired) electrons. The van der Waals surface area contributed by atoms with Crippen LogP contribution < -0.4 is 9.64 Å². The smallest absolute Gasteiger partial charge is 0.358 e. The number of H-pyrrole nitrogens is 1. The number of nitrogens with one attached hydrogen (secondary N) is 1. The highest BCUT2D eigenvalue weighted by Gasteiger charge is 2.19. The summed E-state index contributed by atoms with van der Waals surface area (Å²) < 4.78 is 9.87. The topological polar surface area (TPSA) is 67.5 Å². The van der Waals surface area contributed by atoms with Crippen LogP contribution in [-0.4, -0.2) is 44.3 Å². The Morgan fingerprint density at radius 3 is 2.35 bits per heavy atom. The van der Waals surface area contributed by atoms with E-state index in [2.05, 4.69) is 9.97 Å². The van der Waals surface area contributed by atoms with Gasteiger partial charge in [0.15, 0.2) is 11.5 Å². The van der Waals surface area contributed by atoms with Crippen LogP contribution in [0, 0.1) is 0 Å². The van der Waals surface area contributed by atoms with Crippen molar-refractivity contribution in [3.63, 3.8) is 0 Å². The quantitative estimate of drug-likeness (QED) is 0.864. The van der Waals surface area contributed by atoms with Crippen molar-refractivity contribution in [3.05, 3.63) is 30.0 Å². The number of hydrogen-bond acceptors (Lipinski definition) is 5. The standard InChI is InChI=1S/C14H17N3O3/c1-17(2)13-11(14(18)20-4)15-12(16-13)9-5-7-10(19-3)8-6-9/h5-8H,1-4H3,(H,15,16). The molecule has 0 saturated heterocycles. The molecule has 20 heavy (non-hydrogen) atoms. The van der Waals surface area contributed by atoms with Crippen molar-refractivity contribution < 1.29 is 14.3 Å². The molecular weight excluding hydrogens is 258 g/mol. The van der Waals surface area contributed by atoms with Crippen LogP contribution >= 0.6 is 0 Å². The summed E-state index contributed by atoms with van der Waals surface area (Å²) in [6.45, 7) is 0. The number of aromatic amines is 1. The maximum atomic E-state index is 11.7. The average molecular weight is 275 g/mol. The van der Waals surface area contributed by atoms with Crippen molar-refractivity contribution in [2.45, 2.75) is 0 Å². The van der Waals surface area contributed by atoms with E-state index < -0.39 is 5.97 Å². The van der Waals surface area contributed by atoms with Crippen LogP contribution in [0.1, 0.15) is 10.5 Å². The molecule has 0 aliphatic heterocycles. The van der Waals surface area contributed by atoms with Gasteiger partial charge in [0.1, 0.15) is 11.6 Å². The lowest BCUT2D eigenvalue weighted by atomic mass is 10.2. The number of carbonyl (C=O) groups excluding carboxylic acids is 1. The van der Waals surface area contributed by atoms with Gasteiger partial charge in [-0.3, -0.25) is 0 Å². The number of anilines is 1. The molecule has 0 bridgehead atoms. The monoisotopic (exact) mass is 275 g/mol. The Labute approximate surface area is 117 Å². The Bertz CT molecular complexity index is 603. The normalized spacial score (nSPS) is 10.2. The molecule has 2 aromatic rings. The fourth-order valence-corrected chi connectivity index (χ4v) is 1.82. The highest BCUT2D eigenvalue weighted by atomic mass is 16.5. The molecule has 6 heteroatoms. The molecule has 1 heterocycles. The molecule has 0 amide bonds. The summed E-state index contributed by atoms with van der Waals surface area (Å²) in [6, 6.07) is 7.42. The van der Waals surface area contributed by atoms with Gasteiger partial charge in [0.2, 0.25) is 0 Å². The molecular formula is C14H17N3O3. The third kappa shape index (κ3) is 2.59. The van der Waals surface area contributed by atoms with Crippen molar-refractivity contribution in [2.24, 2.45) is 0 Å². The number of benzene rings is 1. The molecule has 0 unspecified atom stereocenters. The zero-order valence-electron chi connectivity index (χ0n) is 11.9. The van der Waals surface area contributed by atoms with Gasteiger partial charge in [-0.15, -0.1) is 0 Å². The lowest BCUT2D eigenvalue weighted by Crippen LogP contribution is -2.14. The van der Waals surface area contributed by atoms with Gasteiger partial charge in [0.25, 0.3) is 0 Å². The summed E-state index contributed by atoms with van der Waals surface area (Å²) in [7, 11) is 6.60. The minimum absolute atomic E-state index is 0.336. The van der Waals surface area contributed by atoms with E-state index in [0.29, 0.717) is 17.3 Å². The predicted molar refractivity (Wildman–Crippen MR) is 76.2 cm³/mol. The van der Waals surface area contributed by atoms with Gasteiger partial charge in [0, 0.05) is 19.7 Å². The van der Waals surface area contributed by atoms with Crippen LogP contribution in [0.5, 0.6) is 5.75 Å². The van der Waals surface area contributed by atoms with Gasteiger partial charge in [-0.05, 0) is 24.3 Å². The van der Waals surface area contributed by atoms with E-state index in [-0.39, 0.29) is 0 Å². The second-order valence-electron chi connectivity index (χ2n) is 4.40. The van der Waals surface area contributed by atoms with Crippen molar-refractivity contribution >= 4 is 11.8 Å². The highest BCUT2D eigenvalue weighted by molar-refractivity contribution is 5.93. The number of esters is 1. The summed E-state index contributed by atoms with van der Waals surface area (Å²) in [5, 5.41) is 0. The van der Waals surface area contributed by atoms with Gasteiger partial charge >= 0.3 is 5.97 Å². The summed E-state index contributed by atoms with van der Waals surface area (Å²) in [6.07, 6.45) is 0. The van der Waals surface area contributed by atoms with E-state index in [1.807, 2.05) is 38.4 Å². The van der Waals surface area contributed by atoms with Gasteiger partial charge in [-0.2, -0.15) is 0 Å². The number of carbonyl (C=O) groups is 1. The number of hydrogen-bond donors (Lipinski definition) is 1. The number of imidazole rings is 1. The molecule has 2 rings (SSSR count). The molecule has 0 aliphatic carbocycles. The maximum absolute atomic E-state index is 11.7. The number of aromatic nitrogens is 2. The van der Waals surface area contributed by atoms with Crippen LogP contribution in [0.15, 0.2) is 24.3 Å². The Morgan fingerprint density at radius 1 is 1.20 bits per heavy atom. The number of methoxy groups -OCH3 is 2. The largest absolute Gasteiger partial charge is 0.497 e. The molecule has 0 atom stereocenters. The van der Waals surface area contributed by atoms with Crippen molar-refractivity contribution in [2.75, 3.05) is 33.2 Å². The van der Waals surface area contributed by atoms with Crippen molar-refractivity contribution in [1.29, 1.82) is 0 Å². The zero-order chi connectivity index (χ0) is 14.7. The SMILES string of the molecule is COC(=O)c1[nH]c(-c2ccc(OC)cc2)nc1N(C)C. The Kier molecular flexibility index (Phi) is 3.93. The average Bonchev–Trinajstić information content (AvgIpc) is 2.92. The lowest BCUT2D eigenvalue weighted by molar-refractivity contribution is 0.0595. The lowest BCUT2D eigenvalue weighted by Gasteiger charge is -2.09. The predicted octanol–water partition coefficient (Wildman–Crippen LogP) is 1.94. The van der Waals surface area contributed by atoms with Crippen LogP contribution in [0.4, 0.5) is 5.82 Å². The molecule has 0 spiro atoms. The van der Waals surface area contributed by atoms with E-state index in [0.717, 1.165) is 11.3 Å². The third-order valence-electron chi connectivity index (χ3n) is 2.86.